The van der Waals surface area contributed by atoms with Gasteiger partial charge in [-0.15, -0.1) is 58.6 Å². The van der Waals surface area contributed by atoms with Crippen molar-refractivity contribution < 1.29 is 0 Å². The number of benzene rings is 2. The second-order valence-corrected chi connectivity index (χ2v) is 11.5. The van der Waals surface area contributed by atoms with E-state index in [1.165, 1.54) is 32.7 Å². The van der Waals surface area contributed by atoms with Crippen LogP contribution in [0.15, 0.2) is 60.7 Å². The second-order valence-electron chi connectivity index (χ2n) is 7.20. The lowest BCUT2D eigenvalue weighted by Gasteiger charge is -2.33. The SMILES string of the molecule is Cc1cc2cccc[c-]2c1[Si](C)(C)c1c2ccccc2c[c-]1C. The third kappa shape index (κ3) is 2.03. The van der Waals surface area contributed by atoms with Crippen molar-refractivity contribution >= 4 is 40.0 Å². The molecule has 0 aliphatic carbocycles. The van der Waals surface area contributed by atoms with Crippen LogP contribution >= 0.6 is 0 Å². The molecule has 0 radical (unpaired) electrons. The van der Waals surface area contributed by atoms with Crippen LogP contribution in [0.2, 0.25) is 13.1 Å². The highest BCUT2D eigenvalue weighted by Crippen LogP contribution is 2.25. The third-order valence-electron chi connectivity index (χ3n) is 5.24. The van der Waals surface area contributed by atoms with Crippen LogP contribution < -0.4 is 10.4 Å². The van der Waals surface area contributed by atoms with Crippen LogP contribution in [-0.4, -0.2) is 8.07 Å². The van der Waals surface area contributed by atoms with Gasteiger partial charge in [-0.2, -0.15) is 27.6 Å². The highest BCUT2D eigenvalue weighted by atomic mass is 28.3. The van der Waals surface area contributed by atoms with E-state index >= 15 is 0 Å². The first-order chi connectivity index (χ1) is 11.0. The Morgan fingerprint density at radius 3 is 2.48 bits per heavy atom. The maximum atomic E-state index is 2.51. The molecule has 116 valence electrons. The quantitative estimate of drug-likeness (QED) is 0.366. The average Bonchev–Trinajstić information content (AvgIpc) is 3.02. The maximum absolute atomic E-state index is 2.51. The summed E-state index contributed by atoms with van der Waals surface area (Å²) in [6.45, 7) is 9.59. The Balaban J connectivity index is 2.06. The molecule has 0 aliphatic heterocycles. The molecular weight excluding hydrogens is 292 g/mol. The first-order valence-electron chi connectivity index (χ1n) is 8.31. The standard InChI is InChI=1S/C22H22Si/c1-15-13-17-9-5-7-11-19(17)21(15)23(3,4)22-16(2)14-18-10-6-8-12-20(18)22/h5-14H,1-4H3/q-2. The van der Waals surface area contributed by atoms with Crippen molar-refractivity contribution in [2.75, 3.05) is 0 Å². The normalized spacial score (nSPS) is 12.3. The van der Waals surface area contributed by atoms with Crippen LogP contribution in [-0.2, 0) is 0 Å². The third-order valence-corrected chi connectivity index (χ3v) is 9.07. The lowest BCUT2D eigenvalue weighted by Crippen LogP contribution is -2.54. The van der Waals surface area contributed by atoms with E-state index in [-0.39, 0.29) is 0 Å². The van der Waals surface area contributed by atoms with Gasteiger partial charge in [0.1, 0.15) is 0 Å². The molecule has 1 heteroatoms. The Labute approximate surface area is 139 Å². The molecule has 4 aromatic carbocycles. The van der Waals surface area contributed by atoms with Gasteiger partial charge < -0.3 is 0 Å². The molecule has 0 saturated heterocycles. The summed E-state index contributed by atoms with van der Waals surface area (Å²) in [5.41, 5.74) is 2.90. The summed E-state index contributed by atoms with van der Waals surface area (Å²) in [6.07, 6.45) is 0. The van der Waals surface area contributed by atoms with E-state index in [1.54, 1.807) is 10.4 Å². The van der Waals surface area contributed by atoms with Gasteiger partial charge in [-0.3, -0.25) is 0 Å². The van der Waals surface area contributed by atoms with E-state index in [9.17, 15) is 0 Å². The number of hydrogen-bond acceptors (Lipinski definition) is 0. The largest absolute Gasteiger partial charge is 0.173 e. The van der Waals surface area contributed by atoms with Gasteiger partial charge in [0, 0.05) is 0 Å². The first kappa shape index (κ1) is 14.5. The van der Waals surface area contributed by atoms with Gasteiger partial charge in [0.05, 0.1) is 8.07 Å². The first-order valence-corrected chi connectivity index (χ1v) is 11.3. The molecule has 0 unspecified atom stereocenters. The van der Waals surface area contributed by atoms with Gasteiger partial charge in [-0.1, -0.05) is 44.5 Å². The highest BCUT2D eigenvalue weighted by molar-refractivity contribution is 7.03. The summed E-state index contributed by atoms with van der Waals surface area (Å²) in [6, 6.07) is 22.4. The lowest BCUT2D eigenvalue weighted by atomic mass is 10.2. The number of aryl methyl sites for hydroxylation is 2. The Morgan fingerprint density at radius 2 is 1.65 bits per heavy atom. The van der Waals surface area contributed by atoms with Crippen molar-refractivity contribution in [2.45, 2.75) is 26.9 Å². The molecular formula is C22H22Si-2. The van der Waals surface area contributed by atoms with E-state index in [2.05, 4.69) is 87.6 Å². The van der Waals surface area contributed by atoms with Crippen molar-refractivity contribution in [1.29, 1.82) is 0 Å². The van der Waals surface area contributed by atoms with Crippen molar-refractivity contribution in [1.82, 2.24) is 0 Å². The van der Waals surface area contributed by atoms with Gasteiger partial charge in [0.2, 0.25) is 0 Å². The maximum Gasteiger partial charge on any atom is 0.0711 e. The smallest absolute Gasteiger partial charge is 0.0711 e. The molecule has 0 N–H and O–H groups in total. The molecule has 0 bridgehead atoms. The predicted octanol–water partition coefficient (Wildman–Crippen LogP) is 4.87. The average molecular weight is 315 g/mol. The van der Waals surface area contributed by atoms with Gasteiger partial charge in [0.25, 0.3) is 0 Å². The van der Waals surface area contributed by atoms with E-state index < -0.39 is 8.07 Å². The molecule has 23 heavy (non-hydrogen) atoms. The Bertz CT molecular complexity index is 929. The molecule has 0 spiro atoms. The zero-order chi connectivity index (χ0) is 16.2. The molecule has 0 nitrogen and oxygen atoms in total. The molecule has 4 rings (SSSR count). The Hall–Kier alpha value is -2.12. The van der Waals surface area contributed by atoms with Crippen molar-refractivity contribution in [2.24, 2.45) is 0 Å². The van der Waals surface area contributed by atoms with Crippen molar-refractivity contribution in [3.05, 3.63) is 71.8 Å². The summed E-state index contributed by atoms with van der Waals surface area (Å²) in [7, 11) is -1.77. The summed E-state index contributed by atoms with van der Waals surface area (Å²) >= 11 is 0. The van der Waals surface area contributed by atoms with E-state index in [4.69, 9.17) is 0 Å². The van der Waals surface area contributed by atoms with Crippen LogP contribution in [0, 0.1) is 13.8 Å². The van der Waals surface area contributed by atoms with Crippen LogP contribution in [0.1, 0.15) is 11.1 Å². The minimum absolute atomic E-state index is 1.38. The Kier molecular flexibility index (Phi) is 3.11. The fraction of sp³-hybridized carbons (Fsp3) is 0.182. The van der Waals surface area contributed by atoms with Crippen molar-refractivity contribution in [3.8, 4) is 0 Å². The van der Waals surface area contributed by atoms with E-state index in [1.807, 2.05) is 0 Å². The fourth-order valence-electron chi connectivity index (χ4n) is 4.52. The molecule has 0 aliphatic rings. The molecule has 0 atom stereocenters. The number of fused-ring (bicyclic) bond motifs is 2. The molecule has 0 heterocycles. The van der Waals surface area contributed by atoms with Crippen molar-refractivity contribution in [3.63, 3.8) is 0 Å². The minimum Gasteiger partial charge on any atom is -0.173 e. The second kappa shape index (κ2) is 4.94. The van der Waals surface area contributed by atoms with Gasteiger partial charge in [-0.05, 0) is 0 Å². The van der Waals surface area contributed by atoms with E-state index in [0.29, 0.717) is 0 Å². The number of hydrogen-bond donors (Lipinski definition) is 0. The molecule has 0 amide bonds. The fourth-order valence-corrected chi connectivity index (χ4v) is 8.69. The molecule has 0 fully saturated rings. The van der Waals surface area contributed by atoms with E-state index in [0.717, 1.165) is 0 Å². The predicted molar refractivity (Wildman–Crippen MR) is 105 cm³/mol. The lowest BCUT2D eigenvalue weighted by molar-refractivity contribution is 1.55. The van der Waals surface area contributed by atoms with Crippen LogP contribution in [0.25, 0.3) is 21.5 Å². The Morgan fingerprint density at radius 1 is 0.913 bits per heavy atom. The summed E-state index contributed by atoms with van der Waals surface area (Å²) in [5, 5.41) is 8.88. The van der Waals surface area contributed by atoms with Crippen LogP contribution in [0.4, 0.5) is 0 Å². The summed E-state index contributed by atoms with van der Waals surface area (Å²) < 4.78 is 0. The topological polar surface area (TPSA) is 0 Å². The number of rotatable bonds is 2. The molecule has 0 aromatic heterocycles. The minimum atomic E-state index is -1.77. The molecule has 4 aromatic rings. The molecule has 0 saturated carbocycles. The highest BCUT2D eigenvalue weighted by Gasteiger charge is 2.26. The summed E-state index contributed by atoms with van der Waals surface area (Å²) in [5.74, 6) is 0. The van der Waals surface area contributed by atoms with Crippen LogP contribution in [0.5, 0.6) is 0 Å². The summed E-state index contributed by atoms with van der Waals surface area (Å²) in [4.78, 5) is 0. The van der Waals surface area contributed by atoms with Crippen LogP contribution in [0.3, 0.4) is 0 Å². The van der Waals surface area contributed by atoms with Gasteiger partial charge in [0.15, 0.2) is 0 Å². The zero-order valence-corrected chi connectivity index (χ0v) is 15.3. The van der Waals surface area contributed by atoms with Gasteiger partial charge >= 0.3 is 0 Å². The zero-order valence-electron chi connectivity index (χ0n) is 14.3. The monoisotopic (exact) mass is 314 g/mol. The van der Waals surface area contributed by atoms with Gasteiger partial charge in [-0.25, -0.2) is 0 Å².